The molecule has 0 saturated heterocycles. The Labute approximate surface area is 113 Å². The minimum Gasteiger partial charge on any atom is -0.362 e. The highest BCUT2D eigenvalue weighted by molar-refractivity contribution is 7.54. The van der Waals surface area contributed by atoms with E-state index in [0.717, 1.165) is 5.56 Å². The van der Waals surface area contributed by atoms with Gasteiger partial charge in [0.15, 0.2) is 0 Å². The third-order valence-corrected chi connectivity index (χ3v) is 3.47. The standard InChI is InChI=1S/C15H13O3P/c1-3-17-19(16,18-4-2)14-10-6-9-13-15-11-7-5-8-12-15/h1-2,5-13H,14H2. The predicted octanol–water partition coefficient (Wildman–Crippen LogP) is 3.66. The third kappa shape index (κ3) is 5.68. The van der Waals surface area contributed by atoms with Gasteiger partial charge in [-0.1, -0.05) is 67.5 Å². The van der Waals surface area contributed by atoms with Crippen molar-refractivity contribution >= 4 is 13.7 Å². The molecule has 0 N–H and O–H groups in total. The van der Waals surface area contributed by atoms with Crippen LogP contribution in [0, 0.1) is 25.1 Å². The van der Waals surface area contributed by atoms with E-state index >= 15 is 0 Å². The Kier molecular flexibility index (Phi) is 6.10. The van der Waals surface area contributed by atoms with E-state index in [2.05, 4.69) is 9.05 Å². The smallest absolute Gasteiger partial charge is 0.362 e. The van der Waals surface area contributed by atoms with E-state index in [0.29, 0.717) is 0 Å². The Bertz CT molecular complexity index is 554. The van der Waals surface area contributed by atoms with Gasteiger partial charge < -0.3 is 9.05 Å². The molecule has 0 amide bonds. The molecule has 0 atom stereocenters. The molecular formula is C15H13O3P. The van der Waals surface area contributed by atoms with Gasteiger partial charge in [0.2, 0.25) is 0 Å². The summed E-state index contributed by atoms with van der Waals surface area (Å²) in [4.78, 5) is 0. The number of terminal acetylenes is 2. The second-order valence-electron chi connectivity index (χ2n) is 3.41. The molecule has 0 unspecified atom stereocenters. The highest BCUT2D eigenvalue weighted by Crippen LogP contribution is 2.47. The molecule has 0 aliphatic rings. The molecule has 1 aromatic rings. The van der Waals surface area contributed by atoms with Gasteiger partial charge in [-0.25, -0.2) is 4.57 Å². The lowest BCUT2D eigenvalue weighted by molar-refractivity contribution is 0.358. The van der Waals surface area contributed by atoms with Crippen molar-refractivity contribution in [1.82, 2.24) is 0 Å². The summed E-state index contributed by atoms with van der Waals surface area (Å²) in [5.41, 5.74) is 1.06. The predicted molar refractivity (Wildman–Crippen MR) is 76.9 cm³/mol. The van der Waals surface area contributed by atoms with Crippen LogP contribution in [0.5, 0.6) is 0 Å². The van der Waals surface area contributed by atoms with Gasteiger partial charge in [-0.05, 0) is 5.56 Å². The van der Waals surface area contributed by atoms with Crippen LogP contribution in [0.1, 0.15) is 5.56 Å². The number of benzene rings is 1. The molecular weight excluding hydrogens is 259 g/mol. The van der Waals surface area contributed by atoms with Crippen LogP contribution < -0.4 is 0 Å². The highest BCUT2D eigenvalue weighted by atomic mass is 31.2. The van der Waals surface area contributed by atoms with Crippen LogP contribution in [-0.4, -0.2) is 6.16 Å². The van der Waals surface area contributed by atoms with Gasteiger partial charge in [0, 0.05) is 0 Å². The summed E-state index contributed by atoms with van der Waals surface area (Å²) < 4.78 is 21.0. The molecule has 3 nitrogen and oxygen atoms in total. The van der Waals surface area contributed by atoms with Crippen molar-refractivity contribution in [2.75, 3.05) is 6.16 Å². The molecule has 19 heavy (non-hydrogen) atoms. The van der Waals surface area contributed by atoms with Gasteiger partial charge in [-0.3, -0.25) is 0 Å². The second-order valence-corrected chi connectivity index (χ2v) is 5.36. The minimum absolute atomic E-state index is 0.0144. The topological polar surface area (TPSA) is 35.5 Å². The van der Waals surface area contributed by atoms with Crippen LogP contribution in [0.2, 0.25) is 0 Å². The summed E-state index contributed by atoms with van der Waals surface area (Å²) in [6.07, 6.45) is 20.6. The van der Waals surface area contributed by atoms with Crippen molar-refractivity contribution in [1.29, 1.82) is 0 Å². The zero-order valence-electron chi connectivity index (χ0n) is 10.2. The lowest BCUT2D eigenvalue weighted by Crippen LogP contribution is -1.90. The maximum atomic E-state index is 11.8. The normalized spacial score (nSPS) is 11.1. The third-order valence-electron chi connectivity index (χ3n) is 2.05. The zero-order valence-corrected chi connectivity index (χ0v) is 11.1. The Morgan fingerprint density at radius 3 is 2.32 bits per heavy atom. The van der Waals surface area contributed by atoms with Gasteiger partial charge in [-0.15, -0.1) is 0 Å². The monoisotopic (exact) mass is 272 g/mol. The first-order valence-electron chi connectivity index (χ1n) is 5.46. The Hall–Kier alpha value is -2.35. The van der Waals surface area contributed by atoms with Crippen molar-refractivity contribution < 1.29 is 13.6 Å². The second kappa shape index (κ2) is 7.88. The minimum atomic E-state index is -3.42. The van der Waals surface area contributed by atoms with Crippen molar-refractivity contribution in [3.05, 3.63) is 54.1 Å². The van der Waals surface area contributed by atoms with Crippen LogP contribution in [-0.2, 0) is 13.6 Å². The first-order valence-corrected chi connectivity index (χ1v) is 7.19. The van der Waals surface area contributed by atoms with E-state index < -0.39 is 7.60 Å². The summed E-state index contributed by atoms with van der Waals surface area (Å²) in [5, 5.41) is 0. The first-order chi connectivity index (χ1) is 9.20. The maximum Gasteiger partial charge on any atom is 0.450 e. The lowest BCUT2D eigenvalue weighted by Gasteiger charge is -2.08. The Balaban J connectivity index is 2.54. The van der Waals surface area contributed by atoms with Crippen molar-refractivity contribution in [3.8, 4) is 25.1 Å². The lowest BCUT2D eigenvalue weighted by atomic mass is 10.2. The number of allylic oxidation sites excluding steroid dienone is 3. The average Bonchev–Trinajstić information content (AvgIpc) is 2.40. The van der Waals surface area contributed by atoms with Gasteiger partial charge in [0.1, 0.15) is 12.2 Å². The molecule has 0 heterocycles. The largest absolute Gasteiger partial charge is 0.450 e. The molecule has 0 aromatic heterocycles. The molecule has 0 saturated carbocycles. The summed E-state index contributed by atoms with van der Waals surface area (Å²) in [6.45, 7) is 0. The quantitative estimate of drug-likeness (QED) is 0.450. The SMILES string of the molecule is C#COP(=O)(CC=CC=Cc1ccccc1)OC#C. The number of hydrogen-bond donors (Lipinski definition) is 0. The fraction of sp³-hybridized carbons (Fsp3) is 0.0667. The molecule has 0 spiro atoms. The maximum absolute atomic E-state index is 11.8. The molecule has 96 valence electrons. The molecule has 0 aliphatic heterocycles. The van der Waals surface area contributed by atoms with E-state index in [9.17, 15) is 4.57 Å². The zero-order chi connectivity index (χ0) is 14.0. The highest BCUT2D eigenvalue weighted by Gasteiger charge is 2.23. The van der Waals surface area contributed by atoms with E-state index in [4.69, 9.17) is 12.8 Å². The van der Waals surface area contributed by atoms with Gasteiger partial charge in [0.05, 0.1) is 6.16 Å². The molecule has 0 bridgehead atoms. The Morgan fingerprint density at radius 1 is 1.11 bits per heavy atom. The van der Waals surface area contributed by atoms with Gasteiger partial charge in [0.25, 0.3) is 0 Å². The summed E-state index contributed by atoms with van der Waals surface area (Å²) in [7, 11) is -3.42. The number of rotatable bonds is 6. The van der Waals surface area contributed by atoms with Crippen molar-refractivity contribution in [3.63, 3.8) is 0 Å². The van der Waals surface area contributed by atoms with Crippen molar-refractivity contribution in [2.24, 2.45) is 0 Å². The molecule has 0 aliphatic carbocycles. The summed E-state index contributed by atoms with van der Waals surface area (Å²) in [6, 6.07) is 9.77. The first kappa shape index (κ1) is 14.7. The van der Waals surface area contributed by atoms with Crippen molar-refractivity contribution in [2.45, 2.75) is 0 Å². The van der Waals surface area contributed by atoms with Crippen LogP contribution in [0.25, 0.3) is 6.08 Å². The van der Waals surface area contributed by atoms with E-state index in [1.165, 1.54) is 0 Å². The van der Waals surface area contributed by atoms with E-state index in [-0.39, 0.29) is 6.16 Å². The van der Waals surface area contributed by atoms with Crippen LogP contribution >= 0.6 is 7.60 Å². The van der Waals surface area contributed by atoms with E-state index in [1.54, 1.807) is 12.2 Å². The number of hydrogen-bond acceptors (Lipinski definition) is 3. The van der Waals surface area contributed by atoms with Crippen LogP contribution in [0.15, 0.2) is 48.6 Å². The molecule has 1 rings (SSSR count). The van der Waals surface area contributed by atoms with Gasteiger partial charge >= 0.3 is 7.60 Å². The summed E-state index contributed by atoms with van der Waals surface area (Å²) >= 11 is 0. The molecule has 1 aromatic carbocycles. The summed E-state index contributed by atoms with van der Waals surface area (Å²) in [5.74, 6) is 0. The molecule has 0 fully saturated rings. The average molecular weight is 272 g/mol. The fourth-order valence-electron chi connectivity index (χ4n) is 1.25. The Morgan fingerprint density at radius 2 is 1.74 bits per heavy atom. The molecule has 0 radical (unpaired) electrons. The van der Waals surface area contributed by atoms with Crippen LogP contribution in [0.4, 0.5) is 0 Å². The van der Waals surface area contributed by atoms with Gasteiger partial charge in [-0.2, -0.15) is 0 Å². The fourth-order valence-corrected chi connectivity index (χ4v) is 2.14. The van der Waals surface area contributed by atoms with Crippen LogP contribution in [0.3, 0.4) is 0 Å². The van der Waals surface area contributed by atoms with E-state index in [1.807, 2.05) is 54.7 Å². The molecule has 4 heteroatoms.